The number of aliphatic hydroxyl groups excluding tert-OH is 3. The smallest absolute Gasteiger partial charge is 0.247 e. The first-order valence-corrected chi connectivity index (χ1v) is 13.2. The third-order valence-corrected chi connectivity index (χ3v) is 6.96. The lowest BCUT2D eigenvalue weighted by atomic mass is 9.87. The van der Waals surface area contributed by atoms with E-state index in [0.29, 0.717) is 26.2 Å². The largest absolute Gasteiger partial charge is 0.493 e. The molecule has 200 valence electrons. The minimum absolute atomic E-state index is 0.0743. The molecule has 0 heterocycles. The molecule has 4 N–H and O–H groups in total. The Hall–Kier alpha value is -2.67. The van der Waals surface area contributed by atoms with E-state index < -0.39 is 24.2 Å². The normalized spacial score (nSPS) is 19.1. The minimum atomic E-state index is -1.15. The third-order valence-electron chi connectivity index (χ3n) is 6.16. The number of amides is 2. The Balaban J connectivity index is 2.01. The summed E-state index contributed by atoms with van der Waals surface area (Å²) in [5, 5.41) is 32.9. The topological polar surface area (TPSA) is 129 Å². The quantitative estimate of drug-likeness (QED) is 0.282. The molecule has 0 fully saturated rings. The molecule has 0 radical (unpaired) electrons. The van der Waals surface area contributed by atoms with Crippen LogP contribution in [0.15, 0.2) is 54.1 Å². The average Bonchev–Trinajstić information content (AvgIpc) is 2.92. The summed E-state index contributed by atoms with van der Waals surface area (Å²) in [4.78, 5) is 27.6. The molecule has 1 aliphatic carbocycles. The predicted molar refractivity (Wildman–Crippen MR) is 146 cm³/mol. The second kappa shape index (κ2) is 13.8. The van der Waals surface area contributed by atoms with Crippen LogP contribution < -0.4 is 14.8 Å². The molecule has 3 rings (SSSR count). The fourth-order valence-corrected chi connectivity index (χ4v) is 5.06. The number of carbonyl (C=O) groups is 2. The summed E-state index contributed by atoms with van der Waals surface area (Å²) in [6.45, 7) is 1.70. The van der Waals surface area contributed by atoms with E-state index in [1.165, 1.54) is 7.11 Å². The number of hydrogen-bond acceptors (Lipinski definition) is 7. The number of carbonyl (C=O) groups excluding carboxylic acids is 2. The zero-order valence-corrected chi connectivity index (χ0v) is 23.1. The van der Waals surface area contributed by atoms with Gasteiger partial charge < -0.3 is 35.0 Å². The lowest BCUT2D eigenvalue weighted by Gasteiger charge is -2.40. The Bertz CT molecular complexity index is 1110. The van der Waals surface area contributed by atoms with Crippen molar-refractivity contribution in [2.45, 2.75) is 51.2 Å². The first-order chi connectivity index (χ1) is 17.8. The van der Waals surface area contributed by atoms with Crippen molar-refractivity contribution in [3.63, 3.8) is 0 Å². The van der Waals surface area contributed by atoms with Gasteiger partial charge in [0.25, 0.3) is 0 Å². The van der Waals surface area contributed by atoms with Crippen LogP contribution in [0.1, 0.15) is 30.9 Å². The van der Waals surface area contributed by atoms with Crippen LogP contribution in [-0.4, -0.2) is 70.5 Å². The number of nitrogens with one attached hydrogen (secondary N) is 1. The van der Waals surface area contributed by atoms with Gasteiger partial charge in [-0.25, -0.2) is 0 Å². The highest BCUT2D eigenvalue weighted by atomic mass is 127. The Kier molecular flexibility index (Phi) is 10.7. The van der Waals surface area contributed by atoms with Crippen molar-refractivity contribution in [2.24, 2.45) is 0 Å². The Morgan fingerprint density at radius 2 is 1.89 bits per heavy atom. The van der Waals surface area contributed by atoms with Gasteiger partial charge in [-0.1, -0.05) is 37.3 Å². The van der Waals surface area contributed by atoms with E-state index in [2.05, 4.69) is 27.9 Å². The summed E-state index contributed by atoms with van der Waals surface area (Å²) in [5.41, 5.74) is 1.88. The van der Waals surface area contributed by atoms with Crippen LogP contribution in [0, 0.1) is 3.57 Å². The maximum Gasteiger partial charge on any atom is 0.247 e. The van der Waals surface area contributed by atoms with Gasteiger partial charge >= 0.3 is 0 Å². The summed E-state index contributed by atoms with van der Waals surface area (Å²) < 4.78 is 12.4. The maximum absolute atomic E-state index is 13.1. The molecular formula is C27H33IN2O7. The number of halogens is 1. The van der Waals surface area contributed by atoms with Crippen LogP contribution in [0.5, 0.6) is 11.5 Å². The number of hydrogen-bond donors (Lipinski definition) is 4. The molecule has 37 heavy (non-hydrogen) atoms. The van der Waals surface area contributed by atoms with E-state index in [1.807, 2.05) is 30.3 Å². The van der Waals surface area contributed by atoms with Crippen molar-refractivity contribution >= 4 is 34.4 Å². The number of methoxy groups -OCH3 is 1. The molecule has 0 saturated heterocycles. The number of rotatable bonds is 11. The Labute approximate surface area is 230 Å². The summed E-state index contributed by atoms with van der Waals surface area (Å²) >= 11 is 2.06. The van der Waals surface area contributed by atoms with Gasteiger partial charge in [0.1, 0.15) is 12.2 Å². The first kappa shape index (κ1) is 28.9. The van der Waals surface area contributed by atoms with E-state index in [1.54, 1.807) is 30.0 Å². The lowest BCUT2D eigenvalue weighted by molar-refractivity contribution is -0.139. The maximum atomic E-state index is 13.1. The van der Waals surface area contributed by atoms with E-state index >= 15 is 0 Å². The van der Waals surface area contributed by atoms with Gasteiger partial charge in [0.2, 0.25) is 11.8 Å². The van der Waals surface area contributed by atoms with Crippen LogP contribution in [-0.2, 0) is 22.7 Å². The molecule has 10 heteroatoms. The molecule has 0 aromatic heterocycles. The number of ether oxygens (including phenoxy) is 2. The highest BCUT2D eigenvalue weighted by Gasteiger charge is 2.40. The van der Waals surface area contributed by atoms with Crippen molar-refractivity contribution < 1.29 is 34.4 Å². The molecule has 0 bridgehead atoms. The van der Waals surface area contributed by atoms with Crippen LogP contribution >= 0.6 is 22.6 Å². The van der Waals surface area contributed by atoms with E-state index in [9.17, 15) is 19.8 Å². The fourth-order valence-electron chi connectivity index (χ4n) is 4.27. The fraction of sp³-hybridized carbons (Fsp3) is 0.407. The zero-order chi connectivity index (χ0) is 26.9. The van der Waals surface area contributed by atoms with Crippen molar-refractivity contribution in [3.8, 4) is 11.5 Å². The van der Waals surface area contributed by atoms with Gasteiger partial charge in [-0.05, 0) is 51.9 Å². The molecular weight excluding hydrogens is 591 g/mol. The molecule has 2 aromatic rings. The summed E-state index contributed by atoms with van der Waals surface area (Å²) in [6.07, 6.45) is -0.216. The third kappa shape index (κ3) is 7.22. The number of aliphatic hydroxyl groups is 3. The second-order valence-corrected chi connectivity index (χ2v) is 9.81. The molecule has 1 aliphatic rings. The van der Waals surface area contributed by atoms with Crippen molar-refractivity contribution in [3.05, 3.63) is 68.8 Å². The van der Waals surface area contributed by atoms with Crippen molar-refractivity contribution in [1.82, 2.24) is 10.2 Å². The zero-order valence-electron chi connectivity index (χ0n) is 20.9. The van der Waals surface area contributed by atoms with Gasteiger partial charge in [-0.2, -0.15) is 0 Å². The van der Waals surface area contributed by atoms with Crippen LogP contribution in [0.3, 0.4) is 0 Å². The predicted octanol–water partition coefficient (Wildman–Crippen LogP) is 2.15. The van der Waals surface area contributed by atoms with Gasteiger partial charge in [-0.3, -0.25) is 9.59 Å². The van der Waals surface area contributed by atoms with E-state index in [4.69, 9.17) is 14.6 Å². The van der Waals surface area contributed by atoms with Crippen LogP contribution in [0.25, 0.3) is 0 Å². The molecule has 2 amide bonds. The SMILES string of the molecule is CCC(=O)N(Cc1ccccc1)C1CC(C(=O)NCCO)=CC(Oc2c(I)cc(CO)cc2OC)C1O. The number of benzene rings is 2. The summed E-state index contributed by atoms with van der Waals surface area (Å²) in [6, 6.07) is 12.1. The monoisotopic (exact) mass is 624 g/mol. The van der Waals surface area contributed by atoms with Gasteiger partial charge in [0.15, 0.2) is 11.5 Å². The summed E-state index contributed by atoms with van der Waals surface area (Å²) in [7, 11) is 1.48. The van der Waals surface area contributed by atoms with Crippen molar-refractivity contribution in [2.75, 3.05) is 20.3 Å². The molecule has 3 unspecified atom stereocenters. The Morgan fingerprint density at radius 1 is 1.16 bits per heavy atom. The van der Waals surface area contributed by atoms with Gasteiger partial charge in [0, 0.05) is 31.5 Å². The second-order valence-electron chi connectivity index (χ2n) is 8.64. The lowest BCUT2D eigenvalue weighted by Crippen LogP contribution is -2.54. The van der Waals surface area contributed by atoms with Crippen LogP contribution in [0.4, 0.5) is 0 Å². The van der Waals surface area contributed by atoms with Gasteiger partial charge in [0.05, 0.1) is 29.9 Å². The van der Waals surface area contributed by atoms with Crippen LogP contribution in [0.2, 0.25) is 0 Å². The highest BCUT2D eigenvalue weighted by Crippen LogP contribution is 2.37. The minimum Gasteiger partial charge on any atom is -0.493 e. The first-order valence-electron chi connectivity index (χ1n) is 12.1. The number of nitrogens with zero attached hydrogens (tertiary/aromatic N) is 1. The van der Waals surface area contributed by atoms with Gasteiger partial charge in [-0.15, -0.1) is 0 Å². The molecule has 0 saturated carbocycles. The molecule has 2 aromatic carbocycles. The molecule has 9 nitrogen and oxygen atoms in total. The Morgan fingerprint density at radius 3 is 2.51 bits per heavy atom. The summed E-state index contributed by atoms with van der Waals surface area (Å²) in [5.74, 6) is 0.159. The molecule has 3 atom stereocenters. The van der Waals surface area contributed by atoms with E-state index in [0.717, 1.165) is 5.56 Å². The van der Waals surface area contributed by atoms with E-state index in [-0.39, 0.29) is 45.1 Å². The molecule has 0 spiro atoms. The average molecular weight is 624 g/mol. The molecule has 0 aliphatic heterocycles. The highest BCUT2D eigenvalue weighted by molar-refractivity contribution is 14.1. The standard InChI is InChI=1S/C27H33IN2O7/c1-3-24(33)30(15-17-7-5-4-6-8-17)21-13-19(27(35)29-9-10-31)14-22(25(21)34)37-26-20(28)11-18(16-32)12-23(26)36-2/h4-8,11-12,14,21-22,25,31-32,34H,3,9-10,13,15-16H2,1-2H3,(H,29,35). The van der Waals surface area contributed by atoms with Crippen molar-refractivity contribution in [1.29, 1.82) is 0 Å².